The first-order valence-electron chi connectivity index (χ1n) is 5.63. The van der Waals surface area contributed by atoms with Crippen LogP contribution < -0.4 is 0 Å². The van der Waals surface area contributed by atoms with Gasteiger partial charge in [0.05, 0.1) is 5.25 Å². The Hall–Kier alpha value is -0.0900. The van der Waals surface area contributed by atoms with E-state index in [1.54, 1.807) is 11.8 Å². The van der Waals surface area contributed by atoms with Crippen LogP contribution in [0.3, 0.4) is 0 Å². The van der Waals surface area contributed by atoms with Crippen molar-refractivity contribution in [3.05, 3.63) is 0 Å². The molecule has 1 rings (SSSR count). The molecule has 15 heavy (non-hydrogen) atoms. The molecule has 4 heteroatoms. The standard InChI is InChI=1S/C11H19NOS2/c1-3-10(13)9(2)15-11(14)12-7-5-4-6-8-12/h9H,3-8H2,1-2H3. The van der Waals surface area contributed by atoms with Crippen LogP contribution in [0.25, 0.3) is 0 Å². The Morgan fingerprint density at radius 2 is 2.00 bits per heavy atom. The highest BCUT2D eigenvalue weighted by Gasteiger charge is 2.19. The summed E-state index contributed by atoms with van der Waals surface area (Å²) >= 11 is 6.90. The zero-order chi connectivity index (χ0) is 11.3. The van der Waals surface area contributed by atoms with Crippen LogP contribution in [0, 0.1) is 0 Å². The molecule has 1 saturated heterocycles. The predicted octanol–water partition coefficient (Wildman–Crippen LogP) is 2.86. The molecule has 86 valence electrons. The number of piperidine rings is 1. The number of rotatable bonds is 3. The molecule has 1 heterocycles. The van der Waals surface area contributed by atoms with E-state index in [1.165, 1.54) is 19.3 Å². The molecular weight excluding hydrogens is 226 g/mol. The number of carbonyl (C=O) groups is 1. The summed E-state index contributed by atoms with van der Waals surface area (Å²) in [6.07, 6.45) is 4.39. The first-order chi connectivity index (χ1) is 7.15. The lowest BCUT2D eigenvalue weighted by atomic mass is 10.1. The second-order valence-corrected chi connectivity index (χ2v) is 5.87. The van der Waals surface area contributed by atoms with Gasteiger partial charge in [0.2, 0.25) is 0 Å². The van der Waals surface area contributed by atoms with E-state index in [4.69, 9.17) is 12.2 Å². The van der Waals surface area contributed by atoms with Crippen LogP contribution in [0.15, 0.2) is 0 Å². The van der Waals surface area contributed by atoms with E-state index in [9.17, 15) is 4.79 Å². The molecule has 0 aromatic rings. The predicted molar refractivity (Wildman–Crippen MR) is 70.4 cm³/mol. The number of thiocarbonyl (C=S) groups is 1. The Bertz CT molecular complexity index is 237. The second-order valence-electron chi connectivity index (χ2n) is 3.89. The normalized spacial score (nSPS) is 18.7. The summed E-state index contributed by atoms with van der Waals surface area (Å²) in [6.45, 7) is 5.99. The van der Waals surface area contributed by atoms with Crippen LogP contribution in [0.4, 0.5) is 0 Å². The quantitative estimate of drug-likeness (QED) is 0.712. The lowest BCUT2D eigenvalue weighted by Gasteiger charge is -2.29. The summed E-state index contributed by atoms with van der Waals surface area (Å²) in [7, 11) is 0. The molecule has 0 spiro atoms. The van der Waals surface area contributed by atoms with Gasteiger partial charge in [-0.1, -0.05) is 30.9 Å². The van der Waals surface area contributed by atoms with Crippen molar-refractivity contribution in [3.63, 3.8) is 0 Å². The summed E-state index contributed by atoms with van der Waals surface area (Å²) in [6, 6.07) is 0. The van der Waals surface area contributed by atoms with Gasteiger partial charge >= 0.3 is 0 Å². The van der Waals surface area contributed by atoms with Crippen molar-refractivity contribution in [3.8, 4) is 0 Å². The largest absolute Gasteiger partial charge is 0.358 e. The third kappa shape index (κ3) is 4.11. The van der Waals surface area contributed by atoms with Crippen molar-refractivity contribution in [2.45, 2.75) is 44.8 Å². The fourth-order valence-corrected chi connectivity index (χ4v) is 3.20. The van der Waals surface area contributed by atoms with E-state index in [0.29, 0.717) is 12.2 Å². The van der Waals surface area contributed by atoms with Gasteiger partial charge in [-0.2, -0.15) is 0 Å². The number of carbonyl (C=O) groups excluding carboxylic acids is 1. The van der Waals surface area contributed by atoms with E-state index >= 15 is 0 Å². The van der Waals surface area contributed by atoms with Crippen LogP contribution in [-0.4, -0.2) is 33.3 Å². The molecular formula is C11H19NOS2. The molecule has 0 N–H and O–H groups in total. The van der Waals surface area contributed by atoms with Crippen molar-refractivity contribution < 1.29 is 4.79 Å². The van der Waals surface area contributed by atoms with Crippen LogP contribution >= 0.6 is 24.0 Å². The maximum absolute atomic E-state index is 11.4. The first-order valence-corrected chi connectivity index (χ1v) is 6.92. The zero-order valence-corrected chi connectivity index (χ0v) is 11.1. The number of hydrogen-bond donors (Lipinski definition) is 0. The minimum absolute atomic E-state index is 0.0180. The molecule has 0 aliphatic carbocycles. The van der Waals surface area contributed by atoms with Crippen molar-refractivity contribution in [1.82, 2.24) is 4.90 Å². The molecule has 1 unspecified atom stereocenters. The van der Waals surface area contributed by atoms with Crippen LogP contribution in [-0.2, 0) is 4.79 Å². The van der Waals surface area contributed by atoms with Crippen LogP contribution in [0.2, 0.25) is 0 Å². The average Bonchev–Trinajstić information content (AvgIpc) is 2.29. The van der Waals surface area contributed by atoms with Gasteiger partial charge in [0.15, 0.2) is 0 Å². The van der Waals surface area contributed by atoms with E-state index < -0.39 is 0 Å². The van der Waals surface area contributed by atoms with Crippen LogP contribution in [0.5, 0.6) is 0 Å². The Labute approximate surface area is 102 Å². The summed E-state index contributed by atoms with van der Waals surface area (Å²) in [5, 5.41) is 0.0180. The maximum atomic E-state index is 11.4. The van der Waals surface area contributed by atoms with Crippen molar-refractivity contribution in [2.24, 2.45) is 0 Å². The highest BCUT2D eigenvalue weighted by molar-refractivity contribution is 8.23. The van der Waals surface area contributed by atoms with Gasteiger partial charge in [0.25, 0.3) is 0 Å². The summed E-state index contributed by atoms with van der Waals surface area (Å²) in [5.41, 5.74) is 0. The van der Waals surface area contributed by atoms with Gasteiger partial charge in [-0.25, -0.2) is 0 Å². The lowest BCUT2D eigenvalue weighted by Crippen LogP contribution is -2.34. The zero-order valence-electron chi connectivity index (χ0n) is 9.49. The lowest BCUT2D eigenvalue weighted by molar-refractivity contribution is -0.117. The van der Waals surface area contributed by atoms with Gasteiger partial charge in [0, 0.05) is 19.5 Å². The molecule has 2 nitrogen and oxygen atoms in total. The Morgan fingerprint density at radius 1 is 1.40 bits per heavy atom. The Kier molecular flexibility index (Phi) is 5.61. The summed E-state index contributed by atoms with van der Waals surface area (Å²) in [4.78, 5) is 13.7. The highest BCUT2D eigenvalue weighted by Crippen LogP contribution is 2.21. The van der Waals surface area contributed by atoms with Gasteiger partial charge in [-0.05, 0) is 26.2 Å². The van der Waals surface area contributed by atoms with Gasteiger partial charge in [-0.15, -0.1) is 0 Å². The molecule has 0 bridgehead atoms. The van der Waals surface area contributed by atoms with E-state index in [1.807, 2.05) is 13.8 Å². The van der Waals surface area contributed by atoms with Crippen molar-refractivity contribution >= 4 is 34.1 Å². The summed E-state index contributed by atoms with van der Waals surface area (Å²) in [5.74, 6) is 0.291. The number of hydrogen-bond acceptors (Lipinski definition) is 3. The van der Waals surface area contributed by atoms with Gasteiger partial charge in [-0.3, -0.25) is 4.79 Å². The molecule has 0 saturated carbocycles. The Balaban J connectivity index is 2.36. The fraction of sp³-hybridized carbons (Fsp3) is 0.818. The van der Waals surface area contributed by atoms with E-state index in [2.05, 4.69) is 4.90 Å². The van der Waals surface area contributed by atoms with Gasteiger partial charge < -0.3 is 4.90 Å². The molecule has 1 fully saturated rings. The maximum Gasteiger partial charge on any atom is 0.145 e. The second kappa shape index (κ2) is 6.48. The van der Waals surface area contributed by atoms with E-state index in [-0.39, 0.29) is 5.25 Å². The molecule has 1 aliphatic heterocycles. The summed E-state index contributed by atoms with van der Waals surface area (Å²) < 4.78 is 0.906. The van der Waals surface area contributed by atoms with Crippen LogP contribution in [0.1, 0.15) is 39.5 Å². The molecule has 1 aliphatic rings. The smallest absolute Gasteiger partial charge is 0.145 e. The highest BCUT2D eigenvalue weighted by atomic mass is 32.2. The number of nitrogens with zero attached hydrogens (tertiary/aromatic N) is 1. The van der Waals surface area contributed by atoms with E-state index in [0.717, 1.165) is 17.4 Å². The third-order valence-electron chi connectivity index (χ3n) is 2.69. The molecule has 0 amide bonds. The van der Waals surface area contributed by atoms with Crippen molar-refractivity contribution in [1.29, 1.82) is 0 Å². The fourth-order valence-electron chi connectivity index (χ4n) is 1.66. The van der Waals surface area contributed by atoms with Crippen molar-refractivity contribution in [2.75, 3.05) is 13.1 Å². The Morgan fingerprint density at radius 3 is 2.53 bits per heavy atom. The minimum atomic E-state index is 0.0180. The first kappa shape index (κ1) is 13.0. The SMILES string of the molecule is CCC(=O)C(C)SC(=S)N1CCCCC1. The number of thioether (sulfide) groups is 1. The topological polar surface area (TPSA) is 20.3 Å². The molecule has 0 aromatic carbocycles. The monoisotopic (exact) mass is 245 g/mol. The molecule has 1 atom stereocenters. The number of Topliss-reactive ketones (excluding diaryl/α,β-unsaturated/α-hetero) is 1. The number of likely N-dealkylation sites (tertiary alicyclic amines) is 1. The third-order valence-corrected chi connectivity index (χ3v) is 4.32. The molecule has 0 aromatic heterocycles. The average molecular weight is 245 g/mol. The minimum Gasteiger partial charge on any atom is -0.358 e. The molecule has 0 radical (unpaired) electrons. The number of ketones is 1. The van der Waals surface area contributed by atoms with Gasteiger partial charge in [0.1, 0.15) is 10.1 Å².